The van der Waals surface area contributed by atoms with Gasteiger partial charge in [0.05, 0.1) is 6.10 Å². The fraction of sp³-hybridized carbons (Fsp3) is 0.462. The van der Waals surface area contributed by atoms with E-state index < -0.39 is 5.91 Å². The van der Waals surface area contributed by atoms with Crippen LogP contribution in [0.3, 0.4) is 0 Å². The first kappa shape index (κ1) is 15.0. The summed E-state index contributed by atoms with van der Waals surface area (Å²) in [5, 5.41) is 13.1. The van der Waals surface area contributed by atoms with Crippen molar-refractivity contribution in [2.24, 2.45) is 5.73 Å². The molecule has 0 aromatic heterocycles. The molecule has 1 unspecified atom stereocenters. The summed E-state index contributed by atoms with van der Waals surface area (Å²) in [4.78, 5) is 11.0. The molecule has 18 heavy (non-hydrogen) atoms. The lowest BCUT2D eigenvalue weighted by Gasteiger charge is -2.10. The van der Waals surface area contributed by atoms with Gasteiger partial charge in [-0.3, -0.25) is 4.79 Å². The minimum atomic E-state index is -0.484. The number of nitrogens with two attached hydrogens (primary N) is 1. The van der Waals surface area contributed by atoms with Crippen molar-refractivity contribution in [3.63, 3.8) is 0 Å². The fourth-order valence-electron chi connectivity index (χ4n) is 1.54. The van der Waals surface area contributed by atoms with E-state index in [1.807, 2.05) is 6.92 Å². The van der Waals surface area contributed by atoms with Gasteiger partial charge in [-0.25, -0.2) is 0 Å². The Kier molecular flexibility index (Phi) is 6.12. The topological polar surface area (TPSA) is 75.3 Å². The Balaban J connectivity index is 2.46. The molecule has 100 valence electrons. The molecule has 4 N–H and O–H groups in total. The highest BCUT2D eigenvalue weighted by Gasteiger charge is 2.06. The maximum absolute atomic E-state index is 11.0. The lowest BCUT2D eigenvalue weighted by Crippen LogP contribution is -2.20. The predicted molar refractivity (Wildman–Crippen MR) is 72.6 cm³/mol. The van der Waals surface area contributed by atoms with Gasteiger partial charge in [0.2, 0.25) is 5.91 Å². The molecule has 1 atom stereocenters. The van der Waals surface area contributed by atoms with E-state index in [9.17, 15) is 9.90 Å². The summed E-state index contributed by atoms with van der Waals surface area (Å²) in [6.45, 7) is 3.28. The third-order valence-electron chi connectivity index (χ3n) is 2.78. The second-order valence-corrected chi connectivity index (χ2v) is 4.61. The first-order valence-electron chi connectivity index (χ1n) is 6.01. The van der Waals surface area contributed by atoms with Crippen LogP contribution in [0.15, 0.2) is 18.2 Å². The molecule has 1 aromatic rings. The van der Waals surface area contributed by atoms with E-state index in [4.69, 9.17) is 17.3 Å². The highest BCUT2D eigenvalue weighted by Crippen LogP contribution is 2.17. The Morgan fingerprint density at radius 2 is 2.28 bits per heavy atom. The lowest BCUT2D eigenvalue weighted by atomic mass is 10.1. The molecule has 1 amide bonds. The van der Waals surface area contributed by atoms with Gasteiger partial charge in [-0.05, 0) is 37.1 Å². The van der Waals surface area contributed by atoms with Gasteiger partial charge in [0, 0.05) is 17.1 Å². The number of carbonyl (C=O) groups excluding carboxylic acids is 1. The second kappa shape index (κ2) is 7.36. The smallest absolute Gasteiger partial charge is 0.248 e. The van der Waals surface area contributed by atoms with Gasteiger partial charge in [-0.1, -0.05) is 24.6 Å². The van der Waals surface area contributed by atoms with Crippen molar-refractivity contribution in [1.82, 2.24) is 5.32 Å². The molecular formula is C13H19ClN2O2. The van der Waals surface area contributed by atoms with Crippen molar-refractivity contribution in [3.8, 4) is 0 Å². The molecule has 0 fully saturated rings. The largest absolute Gasteiger partial charge is 0.393 e. The average Bonchev–Trinajstić information content (AvgIpc) is 2.35. The van der Waals surface area contributed by atoms with Crippen molar-refractivity contribution in [2.75, 3.05) is 6.54 Å². The van der Waals surface area contributed by atoms with E-state index >= 15 is 0 Å². The molecule has 0 aliphatic rings. The Hall–Kier alpha value is -1.10. The Morgan fingerprint density at radius 3 is 2.83 bits per heavy atom. The molecule has 5 heteroatoms. The lowest BCUT2D eigenvalue weighted by molar-refractivity contribution is 0.1000. The van der Waals surface area contributed by atoms with Gasteiger partial charge in [0.15, 0.2) is 0 Å². The van der Waals surface area contributed by atoms with Gasteiger partial charge in [0.1, 0.15) is 0 Å². The average molecular weight is 271 g/mol. The van der Waals surface area contributed by atoms with E-state index in [1.165, 1.54) is 0 Å². The quantitative estimate of drug-likeness (QED) is 0.660. The fourth-order valence-corrected chi connectivity index (χ4v) is 1.79. The molecule has 0 aliphatic heterocycles. The Morgan fingerprint density at radius 1 is 1.56 bits per heavy atom. The molecule has 0 saturated carbocycles. The summed E-state index contributed by atoms with van der Waals surface area (Å²) in [6, 6.07) is 5.01. The highest BCUT2D eigenvalue weighted by molar-refractivity contribution is 6.31. The van der Waals surface area contributed by atoms with Gasteiger partial charge < -0.3 is 16.2 Å². The van der Waals surface area contributed by atoms with Crippen molar-refractivity contribution in [1.29, 1.82) is 0 Å². The number of rotatable bonds is 7. The zero-order chi connectivity index (χ0) is 13.5. The van der Waals surface area contributed by atoms with Crippen LogP contribution in [0.1, 0.15) is 35.7 Å². The van der Waals surface area contributed by atoms with Crippen LogP contribution in [0.4, 0.5) is 0 Å². The van der Waals surface area contributed by atoms with Gasteiger partial charge in [-0.15, -0.1) is 0 Å². The minimum Gasteiger partial charge on any atom is -0.393 e. The molecular weight excluding hydrogens is 252 g/mol. The zero-order valence-electron chi connectivity index (χ0n) is 10.4. The standard InChI is InChI=1S/C13H19ClN2O2/c1-2-11(17)5-6-16-8-10-4-3-9(13(15)18)7-12(10)14/h3-4,7,11,16-17H,2,5-6,8H2,1H3,(H2,15,18). The first-order valence-corrected chi connectivity index (χ1v) is 6.39. The van der Waals surface area contributed by atoms with Crippen molar-refractivity contribution in [2.45, 2.75) is 32.4 Å². The molecule has 0 radical (unpaired) electrons. The van der Waals surface area contributed by atoms with Gasteiger partial charge >= 0.3 is 0 Å². The van der Waals surface area contributed by atoms with Crippen LogP contribution >= 0.6 is 11.6 Å². The third kappa shape index (κ3) is 4.64. The summed E-state index contributed by atoms with van der Waals surface area (Å²) in [6.07, 6.45) is 1.22. The number of amides is 1. The molecule has 1 aromatic carbocycles. The third-order valence-corrected chi connectivity index (χ3v) is 3.13. The molecule has 1 rings (SSSR count). The van der Waals surface area contributed by atoms with E-state index in [2.05, 4.69) is 5.32 Å². The Bertz CT molecular complexity index is 410. The molecule has 0 spiro atoms. The summed E-state index contributed by atoms with van der Waals surface area (Å²) in [5.74, 6) is -0.484. The van der Waals surface area contributed by atoms with Crippen molar-refractivity contribution < 1.29 is 9.90 Å². The molecule has 0 aliphatic carbocycles. The number of halogens is 1. The zero-order valence-corrected chi connectivity index (χ0v) is 11.2. The van der Waals surface area contributed by atoms with Crippen LogP contribution in [0.25, 0.3) is 0 Å². The molecule has 0 saturated heterocycles. The summed E-state index contributed by atoms with van der Waals surface area (Å²) in [5.41, 5.74) is 6.48. The second-order valence-electron chi connectivity index (χ2n) is 4.20. The monoisotopic (exact) mass is 270 g/mol. The first-order chi connectivity index (χ1) is 8.54. The summed E-state index contributed by atoms with van der Waals surface area (Å²) in [7, 11) is 0. The summed E-state index contributed by atoms with van der Waals surface area (Å²) >= 11 is 6.05. The molecule has 0 bridgehead atoms. The van der Waals surface area contributed by atoms with Crippen LogP contribution in [0, 0.1) is 0 Å². The maximum atomic E-state index is 11.0. The van der Waals surface area contributed by atoms with E-state index in [0.29, 0.717) is 23.6 Å². The number of hydrogen-bond acceptors (Lipinski definition) is 3. The van der Waals surface area contributed by atoms with E-state index in [0.717, 1.165) is 18.5 Å². The number of hydrogen-bond donors (Lipinski definition) is 3. The van der Waals surface area contributed by atoms with Crippen molar-refractivity contribution >= 4 is 17.5 Å². The number of nitrogens with one attached hydrogen (secondary N) is 1. The number of primary amides is 1. The minimum absolute atomic E-state index is 0.259. The highest BCUT2D eigenvalue weighted by atomic mass is 35.5. The van der Waals surface area contributed by atoms with Gasteiger partial charge in [0.25, 0.3) is 0 Å². The van der Waals surface area contributed by atoms with Crippen LogP contribution in [-0.4, -0.2) is 23.7 Å². The van der Waals surface area contributed by atoms with Crippen LogP contribution in [0.2, 0.25) is 5.02 Å². The van der Waals surface area contributed by atoms with E-state index in [-0.39, 0.29) is 6.10 Å². The number of aliphatic hydroxyl groups is 1. The number of carbonyl (C=O) groups is 1. The number of benzene rings is 1. The van der Waals surface area contributed by atoms with Crippen LogP contribution in [0.5, 0.6) is 0 Å². The van der Waals surface area contributed by atoms with Crippen molar-refractivity contribution in [3.05, 3.63) is 34.3 Å². The van der Waals surface area contributed by atoms with E-state index in [1.54, 1.807) is 18.2 Å². The summed E-state index contributed by atoms with van der Waals surface area (Å²) < 4.78 is 0. The number of aliphatic hydroxyl groups excluding tert-OH is 1. The van der Waals surface area contributed by atoms with Gasteiger partial charge in [-0.2, -0.15) is 0 Å². The SMILES string of the molecule is CCC(O)CCNCc1ccc(C(N)=O)cc1Cl. The van der Waals surface area contributed by atoms with Crippen LogP contribution in [-0.2, 0) is 6.54 Å². The maximum Gasteiger partial charge on any atom is 0.248 e. The Labute approximate surface area is 112 Å². The normalized spacial score (nSPS) is 12.4. The molecule has 4 nitrogen and oxygen atoms in total. The van der Waals surface area contributed by atoms with Crippen LogP contribution < -0.4 is 11.1 Å². The molecule has 0 heterocycles. The predicted octanol–water partition coefficient (Wildman–Crippen LogP) is 1.69.